The summed E-state index contributed by atoms with van der Waals surface area (Å²) in [5.74, 6) is -3.34. The number of fused-ring (bicyclic) bond motifs is 9. The molecule has 0 radical (unpaired) electrons. The van der Waals surface area contributed by atoms with Gasteiger partial charge < -0.3 is 15.0 Å². The maximum absolute atomic E-state index is 14.0. The van der Waals surface area contributed by atoms with Crippen LogP contribution < -0.4 is 19.8 Å². The van der Waals surface area contributed by atoms with Crippen molar-refractivity contribution in [3.05, 3.63) is 104 Å². The van der Waals surface area contributed by atoms with Gasteiger partial charge in [-0.2, -0.15) is 13.2 Å². The number of aromatic amines is 1. The largest absolute Gasteiger partial charge is 0.484 e. The Morgan fingerprint density at radius 3 is 2.44 bits per heavy atom. The Balaban J connectivity index is 1.07. The van der Waals surface area contributed by atoms with E-state index in [1.165, 1.54) is 30.0 Å². The van der Waals surface area contributed by atoms with Crippen molar-refractivity contribution >= 4 is 52.2 Å². The number of nitrogens with zero attached hydrogens (tertiary/aromatic N) is 1. The number of thioether (sulfide) groups is 1. The molecule has 2 aliphatic heterocycles. The van der Waals surface area contributed by atoms with Gasteiger partial charge in [-0.3, -0.25) is 19.2 Å². The number of halogens is 3. The lowest BCUT2D eigenvalue weighted by Crippen LogP contribution is -2.42. The van der Waals surface area contributed by atoms with Crippen LogP contribution in [-0.2, 0) is 20.6 Å². The smallest absolute Gasteiger partial charge is 0.418 e. The Hall–Kier alpha value is -4.36. The number of ether oxygens (including phenoxy) is 1. The van der Waals surface area contributed by atoms with Crippen LogP contribution in [0.15, 0.2) is 82.6 Å². The number of hydrogen-bond acceptors (Lipinski definition) is 7. The molecule has 4 aromatic rings. The summed E-state index contributed by atoms with van der Waals surface area (Å²) >= 11 is 2.62. The fourth-order valence-corrected chi connectivity index (χ4v) is 11.3. The van der Waals surface area contributed by atoms with Crippen LogP contribution in [0.2, 0.25) is 0 Å². The van der Waals surface area contributed by atoms with Crippen LogP contribution in [0.5, 0.6) is 5.75 Å². The second kappa shape index (κ2) is 11.4. The van der Waals surface area contributed by atoms with E-state index in [1.807, 2.05) is 37.3 Å². The summed E-state index contributed by atoms with van der Waals surface area (Å²) in [6, 6.07) is 19.5. The third-order valence-electron chi connectivity index (χ3n) is 10.1. The molecule has 2 bridgehead atoms. The number of H-pyrrole nitrogens is 1. The second-order valence-electron chi connectivity index (χ2n) is 12.8. The van der Waals surface area contributed by atoms with E-state index in [2.05, 4.69) is 10.3 Å². The number of anilines is 2. The highest BCUT2D eigenvalue weighted by Crippen LogP contribution is 2.68. The van der Waals surface area contributed by atoms with Crippen LogP contribution in [-0.4, -0.2) is 34.6 Å². The minimum absolute atomic E-state index is 0.116. The number of benzene rings is 3. The molecule has 1 saturated heterocycles. The summed E-state index contributed by atoms with van der Waals surface area (Å²) in [5, 5.41) is 3.42. The molecule has 48 heavy (non-hydrogen) atoms. The molecule has 7 atom stereocenters. The Bertz CT molecular complexity index is 2030. The Morgan fingerprint density at radius 2 is 1.71 bits per heavy atom. The lowest BCUT2D eigenvalue weighted by molar-refractivity contribution is -0.137. The Kier molecular flexibility index (Phi) is 7.33. The number of hydrogen-bond donors (Lipinski definition) is 2. The van der Waals surface area contributed by atoms with Gasteiger partial charge in [-0.15, -0.1) is 11.8 Å². The first-order chi connectivity index (χ1) is 23.0. The number of alkyl halides is 3. The lowest BCUT2D eigenvalue weighted by atomic mass is 9.68. The van der Waals surface area contributed by atoms with Crippen molar-refractivity contribution in [2.24, 2.45) is 29.6 Å². The Morgan fingerprint density at radius 1 is 0.979 bits per heavy atom. The van der Waals surface area contributed by atoms with Crippen molar-refractivity contribution in [3.8, 4) is 5.75 Å². The topological polar surface area (TPSA) is 109 Å². The van der Waals surface area contributed by atoms with Gasteiger partial charge in [0.1, 0.15) is 5.75 Å². The highest BCUT2D eigenvalue weighted by atomic mass is 32.2. The number of nitrogens with one attached hydrogen (secondary N) is 2. The molecular weight excluding hydrogens is 664 g/mol. The monoisotopic (exact) mass is 691 g/mol. The van der Waals surface area contributed by atoms with Gasteiger partial charge in [0.05, 0.1) is 28.1 Å². The van der Waals surface area contributed by atoms with Gasteiger partial charge in [0.25, 0.3) is 5.91 Å². The normalized spacial score (nSPS) is 27.1. The van der Waals surface area contributed by atoms with Crippen molar-refractivity contribution in [1.82, 2.24) is 4.98 Å². The highest BCUT2D eigenvalue weighted by molar-refractivity contribution is 8.00. The maximum atomic E-state index is 14.0. The predicted molar refractivity (Wildman–Crippen MR) is 174 cm³/mol. The van der Waals surface area contributed by atoms with E-state index >= 15 is 0 Å². The molecule has 1 aromatic heterocycles. The van der Waals surface area contributed by atoms with Gasteiger partial charge in [-0.1, -0.05) is 47.7 Å². The zero-order valence-electron chi connectivity index (χ0n) is 25.3. The van der Waals surface area contributed by atoms with Crippen molar-refractivity contribution < 1.29 is 32.3 Å². The number of aromatic nitrogens is 1. The van der Waals surface area contributed by atoms with Crippen molar-refractivity contribution in [2.75, 3.05) is 16.8 Å². The third-order valence-corrected chi connectivity index (χ3v) is 12.7. The summed E-state index contributed by atoms with van der Waals surface area (Å²) < 4.78 is 47.6. The van der Waals surface area contributed by atoms with Crippen molar-refractivity contribution in [1.29, 1.82) is 0 Å². The lowest BCUT2D eigenvalue weighted by Gasteiger charge is -2.43. The average Bonchev–Trinajstić information content (AvgIpc) is 3.78. The Labute approximate surface area is 280 Å². The van der Waals surface area contributed by atoms with E-state index in [-0.39, 0.29) is 46.3 Å². The second-order valence-corrected chi connectivity index (χ2v) is 15.0. The van der Waals surface area contributed by atoms with Gasteiger partial charge >= 0.3 is 11.0 Å². The summed E-state index contributed by atoms with van der Waals surface area (Å²) in [7, 11) is 0. The molecule has 3 amide bonds. The molecule has 3 aromatic carbocycles. The first-order valence-electron chi connectivity index (χ1n) is 15.5. The van der Waals surface area contributed by atoms with Crippen LogP contribution in [0, 0.1) is 36.5 Å². The third kappa shape index (κ3) is 4.97. The summed E-state index contributed by atoms with van der Waals surface area (Å²) in [5.41, 5.74) is 1.14. The molecule has 3 fully saturated rings. The molecule has 13 heteroatoms. The van der Waals surface area contributed by atoms with Crippen LogP contribution in [0.25, 0.3) is 0 Å². The van der Waals surface area contributed by atoms with Crippen LogP contribution in [0.4, 0.5) is 24.5 Å². The van der Waals surface area contributed by atoms with E-state index < -0.39 is 41.1 Å². The number of thiazole rings is 1. The highest BCUT2D eigenvalue weighted by Gasteiger charge is 2.70. The van der Waals surface area contributed by atoms with Crippen LogP contribution in [0.1, 0.15) is 33.9 Å². The van der Waals surface area contributed by atoms with E-state index in [0.717, 1.165) is 43.3 Å². The number of carbonyl (C=O) groups is 3. The first-order valence-corrected chi connectivity index (χ1v) is 17.2. The number of rotatable bonds is 6. The van der Waals surface area contributed by atoms with Crippen molar-refractivity contribution in [3.63, 3.8) is 0 Å². The van der Waals surface area contributed by atoms with E-state index in [1.54, 1.807) is 18.2 Å². The zero-order valence-corrected chi connectivity index (χ0v) is 27.0. The van der Waals surface area contributed by atoms with Gasteiger partial charge in [-0.05, 0) is 78.6 Å². The number of para-hydroxylation sites is 1. The molecule has 4 aliphatic rings. The van der Waals surface area contributed by atoms with Crippen molar-refractivity contribution in [2.45, 2.75) is 35.7 Å². The van der Waals surface area contributed by atoms with Crippen LogP contribution in [0.3, 0.4) is 0 Å². The number of carbonyl (C=O) groups excluding carboxylic acids is 3. The summed E-state index contributed by atoms with van der Waals surface area (Å²) in [6.45, 7) is 1.74. The molecule has 0 unspecified atom stereocenters. The van der Waals surface area contributed by atoms with Crippen LogP contribution >= 0.6 is 23.1 Å². The zero-order chi connectivity index (χ0) is 33.5. The van der Waals surface area contributed by atoms with Gasteiger partial charge in [0.15, 0.2) is 6.61 Å². The average molecular weight is 692 g/mol. The van der Waals surface area contributed by atoms with E-state index in [0.29, 0.717) is 17.9 Å². The molecule has 8 nitrogen and oxygen atoms in total. The summed E-state index contributed by atoms with van der Waals surface area (Å²) in [6.07, 6.45) is -4.12. The van der Waals surface area contributed by atoms with Gasteiger partial charge in [0.2, 0.25) is 11.8 Å². The fourth-order valence-electron chi connectivity index (χ4n) is 8.38. The van der Waals surface area contributed by atoms with E-state index in [9.17, 15) is 32.3 Å². The first kappa shape index (κ1) is 30.9. The minimum Gasteiger partial charge on any atom is -0.484 e. The summed E-state index contributed by atoms with van der Waals surface area (Å²) in [4.78, 5) is 57.2. The van der Waals surface area contributed by atoms with Gasteiger partial charge in [-0.25, -0.2) is 4.90 Å². The number of aryl methyl sites for hydroxylation is 1. The molecule has 3 heterocycles. The number of amides is 3. The molecule has 8 rings (SSSR count). The molecule has 246 valence electrons. The number of imide groups is 1. The molecule has 2 saturated carbocycles. The fraction of sp³-hybridized carbons (Fsp3) is 0.314. The predicted octanol–water partition coefficient (Wildman–Crippen LogP) is 6.46. The van der Waals surface area contributed by atoms with E-state index in [4.69, 9.17) is 4.74 Å². The maximum Gasteiger partial charge on any atom is 0.418 e. The standard InChI is InChI=1S/C35H28F3N3O5S2/c1-16-5-4-6-18(13-16)39-24(42)15-46-19-11-9-17(10-12-19)25-26-20-14-21(29(26)47-31-30(25)48-34(45)40-31)28-27(20)32(43)41(33(28)44)23-8-3-2-7-22(23)35(36,37)38/h2-13,20-21,25-29H,14-15H2,1H3,(H,39,42)(H,40,45)/t20-,21-,25+,26-,27+,28+,29-/m1/s1. The quantitative estimate of drug-likeness (QED) is 0.225. The molecule has 2 aliphatic carbocycles. The molecule has 0 spiro atoms. The minimum atomic E-state index is -4.73. The van der Waals surface area contributed by atoms with Gasteiger partial charge in [0, 0.05) is 21.7 Å². The SMILES string of the molecule is Cc1cccc(NC(=O)COc2ccc([C@@H]3c4sc(=O)[nH]c4S[C@@H]4[C@@H]5C[C@@H]([C@@H]6C(=O)N(c7ccccc7C(F)(F)F)C(=O)[C@@H]56)[C@H]34)cc2)c1. The molecular formula is C35H28F3N3O5S2. The molecule has 2 N–H and O–H groups in total.